The average molecular weight is 431 g/mol. The molecule has 0 fully saturated rings. The molecule has 0 saturated heterocycles. The fourth-order valence-corrected chi connectivity index (χ4v) is 3.96. The molecule has 1 aliphatic heterocycles. The molecule has 32 heavy (non-hydrogen) atoms. The van der Waals surface area contributed by atoms with E-state index in [1.807, 2.05) is 69.3 Å². The fraction of sp³-hybridized carbons (Fsp3) is 0.346. The Bertz CT molecular complexity index is 1140. The third-order valence-corrected chi connectivity index (χ3v) is 5.87. The summed E-state index contributed by atoms with van der Waals surface area (Å²) in [5.74, 6) is 1.46. The Balaban J connectivity index is 1.79. The van der Waals surface area contributed by atoms with E-state index >= 15 is 0 Å². The molecule has 1 N–H and O–H groups in total. The molecule has 1 atom stereocenters. The van der Waals surface area contributed by atoms with Crippen molar-refractivity contribution in [2.24, 2.45) is 5.92 Å². The second kappa shape index (κ2) is 8.99. The summed E-state index contributed by atoms with van der Waals surface area (Å²) < 4.78 is 5.76. The van der Waals surface area contributed by atoms with Crippen LogP contribution in [0.15, 0.2) is 58.8 Å². The van der Waals surface area contributed by atoms with E-state index in [1.165, 1.54) is 0 Å². The molecule has 4 rings (SSSR count). The molecule has 1 unspecified atom stereocenters. The zero-order chi connectivity index (χ0) is 22.8. The Kier molecular flexibility index (Phi) is 6.12. The van der Waals surface area contributed by atoms with E-state index in [2.05, 4.69) is 24.3 Å². The maximum absolute atomic E-state index is 13.0. The number of urea groups is 1. The highest BCUT2D eigenvalue weighted by molar-refractivity contribution is 5.86. The van der Waals surface area contributed by atoms with Gasteiger partial charge in [-0.3, -0.25) is 4.90 Å². The zero-order valence-corrected chi connectivity index (χ0v) is 19.3. The normalized spacial score (nSPS) is 16.6. The number of benzene rings is 2. The molecule has 0 spiro atoms. The van der Waals surface area contributed by atoms with E-state index in [4.69, 9.17) is 9.51 Å². The first-order valence-electron chi connectivity index (χ1n) is 11.1. The molecule has 1 aromatic heterocycles. The lowest BCUT2D eigenvalue weighted by Crippen LogP contribution is -2.46. The maximum Gasteiger partial charge on any atom is 0.322 e. The number of rotatable bonds is 6. The molecule has 2 aromatic carbocycles. The lowest BCUT2D eigenvalue weighted by molar-refractivity contribution is 0.202. The van der Waals surface area contributed by atoms with Gasteiger partial charge in [0.05, 0.1) is 11.6 Å². The number of nitrogens with zero attached hydrogens (tertiary/aromatic N) is 3. The summed E-state index contributed by atoms with van der Waals surface area (Å²) in [6.07, 6.45) is 0.908. The van der Waals surface area contributed by atoms with E-state index in [0.717, 1.165) is 39.9 Å². The van der Waals surface area contributed by atoms with Crippen molar-refractivity contribution in [1.82, 2.24) is 20.4 Å². The minimum absolute atomic E-state index is 0.101. The lowest BCUT2D eigenvalue weighted by atomic mass is 9.94. The van der Waals surface area contributed by atoms with Gasteiger partial charge in [0.1, 0.15) is 0 Å². The lowest BCUT2D eigenvalue weighted by Gasteiger charge is -2.35. The van der Waals surface area contributed by atoms with Gasteiger partial charge in [-0.25, -0.2) is 4.79 Å². The second-order valence-electron chi connectivity index (χ2n) is 8.92. The monoisotopic (exact) mass is 430 g/mol. The zero-order valence-electron chi connectivity index (χ0n) is 19.3. The van der Waals surface area contributed by atoms with Gasteiger partial charge in [0.2, 0.25) is 5.82 Å². The number of hydrogen-bond donors (Lipinski definition) is 1. The summed E-state index contributed by atoms with van der Waals surface area (Å²) in [7, 11) is 0. The van der Waals surface area contributed by atoms with Crippen LogP contribution in [0.25, 0.3) is 17.0 Å². The Morgan fingerprint density at radius 2 is 1.81 bits per heavy atom. The van der Waals surface area contributed by atoms with Crippen LogP contribution in [0.5, 0.6) is 0 Å². The van der Waals surface area contributed by atoms with Crippen LogP contribution in [0, 0.1) is 19.8 Å². The molecule has 2 heterocycles. The molecule has 6 nitrogen and oxygen atoms in total. The second-order valence-corrected chi connectivity index (χ2v) is 8.92. The summed E-state index contributed by atoms with van der Waals surface area (Å²) in [5.41, 5.74) is 5.87. The van der Waals surface area contributed by atoms with Crippen LogP contribution in [0.2, 0.25) is 0 Å². The summed E-state index contributed by atoms with van der Waals surface area (Å²) in [6, 6.07) is 15.7. The van der Waals surface area contributed by atoms with Gasteiger partial charge in [0, 0.05) is 17.8 Å². The summed E-state index contributed by atoms with van der Waals surface area (Å²) in [4.78, 5) is 19.5. The number of amides is 2. The number of hydrogen-bond acceptors (Lipinski definition) is 4. The number of nitrogens with one attached hydrogen (secondary N) is 1. The smallest absolute Gasteiger partial charge is 0.322 e. The van der Waals surface area contributed by atoms with Gasteiger partial charge in [-0.2, -0.15) is 4.98 Å². The van der Waals surface area contributed by atoms with Gasteiger partial charge in [0.15, 0.2) is 0 Å². The summed E-state index contributed by atoms with van der Waals surface area (Å²) in [6.45, 7) is 11.0. The third-order valence-electron chi connectivity index (χ3n) is 5.87. The third kappa shape index (κ3) is 4.44. The highest BCUT2D eigenvalue weighted by atomic mass is 16.5. The molecule has 166 valence electrons. The standard InChI is InChI=1S/C26H30N4O2/c1-16(2)13-14-30-19(5)22(23(27-26(30)31)20-11-9-17(3)10-12-20)25-28-24(29-32-25)21-8-6-7-18(4)15-21/h6-12,15-16,23H,13-14H2,1-5H3,(H,27,31). The van der Waals surface area contributed by atoms with Crippen LogP contribution in [0.1, 0.15) is 55.8 Å². The predicted octanol–water partition coefficient (Wildman–Crippen LogP) is 5.90. The van der Waals surface area contributed by atoms with Crippen molar-refractivity contribution in [2.75, 3.05) is 6.54 Å². The van der Waals surface area contributed by atoms with E-state index < -0.39 is 0 Å². The number of carbonyl (C=O) groups is 1. The van der Waals surface area contributed by atoms with Gasteiger partial charge < -0.3 is 9.84 Å². The van der Waals surface area contributed by atoms with Crippen molar-refractivity contribution in [3.63, 3.8) is 0 Å². The van der Waals surface area contributed by atoms with E-state index in [-0.39, 0.29) is 12.1 Å². The number of carbonyl (C=O) groups excluding carboxylic acids is 1. The Hall–Kier alpha value is -3.41. The Morgan fingerprint density at radius 1 is 1.06 bits per heavy atom. The minimum atomic E-state index is -0.357. The highest BCUT2D eigenvalue weighted by Gasteiger charge is 2.35. The largest absolute Gasteiger partial charge is 0.334 e. The molecule has 6 heteroatoms. The summed E-state index contributed by atoms with van der Waals surface area (Å²) in [5, 5.41) is 7.41. The van der Waals surface area contributed by atoms with Crippen LogP contribution in [0.4, 0.5) is 4.79 Å². The average Bonchev–Trinajstić information content (AvgIpc) is 3.23. The van der Waals surface area contributed by atoms with E-state index in [0.29, 0.717) is 24.2 Å². The first kappa shape index (κ1) is 21.8. The molecule has 0 radical (unpaired) electrons. The van der Waals surface area contributed by atoms with Crippen LogP contribution < -0.4 is 5.32 Å². The SMILES string of the molecule is CC1=C(c2nc(-c3cccc(C)c3)no2)C(c2ccc(C)cc2)NC(=O)N1CCC(C)C. The molecule has 0 saturated carbocycles. The Morgan fingerprint density at radius 3 is 2.50 bits per heavy atom. The Labute approximate surface area is 189 Å². The van der Waals surface area contributed by atoms with Crippen LogP contribution in [0.3, 0.4) is 0 Å². The molecule has 3 aromatic rings. The van der Waals surface area contributed by atoms with Crippen molar-refractivity contribution in [1.29, 1.82) is 0 Å². The molecule has 1 aliphatic rings. The highest BCUT2D eigenvalue weighted by Crippen LogP contribution is 2.37. The molecule has 0 bridgehead atoms. The van der Waals surface area contributed by atoms with Crippen molar-refractivity contribution < 1.29 is 9.32 Å². The van der Waals surface area contributed by atoms with Crippen molar-refractivity contribution >= 4 is 11.6 Å². The number of allylic oxidation sites excluding steroid dienone is 1. The van der Waals surface area contributed by atoms with Crippen molar-refractivity contribution in [3.05, 3.63) is 76.8 Å². The molecule has 2 amide bonds. The van der Waals surface area contributed by atoms with Gasteiger partial charge in [-0.15, -0.1) is 0 Å². The van der Waals surface area contributed by atoms with E-state index in [1.54, 1.807) is 4.90 Å². The molecular weight excluding hydrogens is 400 g/mol. The number of aryl methyl sites for hydroxylation is 2. The molecule has 0 aliphatic carbocycles. The van der Waals surface area contributed by atoms with Gasteiger partial charge >= 0.3 is 6.03 Å². The predicted molar refractivity (Wildman–Crippen MR) is 126 cm³/mol. The summed E-state index contributed by atoms with van der Waals surface area (Å²) >= 11 is 0. The topological polar surface area (TPSA) is 71.3 Å². The first-order valence-corrected chi connectivity index (χ1v) is 11.1. The molecular formula is C26H30N4O2. The van der Waals surface area contributed by atoms with Crippen molar-refractivity contribution in [3.8, 4) is 11.4 Å². The quantitative estimate of drug-likeness (QED) is 0.529. The fourth-order valence-electron chi connectivity index (χ4n) is 3.96. The van der Waals surface area contributed by atoms with Gasteiger partial charge in [-0.05, 0) is 44.7 Å². The van der Waals surface area contributed by atoms with E-state index in [9.17, 15) is 4.79 Å². The van der Waals surface area contributed by atoms with Gasteiger partial charge in [0.25, 0.3) is 5.89 Å². The number of aromatic nitrogens is 2. The van der Waals surface area contributed by atoms with Crippen LogP contribution in [-0.4, -0.2) is 27.6 Å². The van der Waals surface area contributed by atoms with Crippen LogP contribution in [-0.2, 0) is 0 Å². The van der Waals surface area contributed by atoms with Crippen molar-refractivity contribution in [2.45, 2.75) is 47.1 Å². The minimum Gasteiger partial charge on any atom is -0.334 e. The first-order chi connectivity index (χ1) is 15.3. The maximum atomic E-state index is 13.0. The van der Waals surface area contributed by atoms with Crippen LogP contribution >= 0.6 is 0 Å². The van der Waals surface area contributed by atoms with Gasteiger partial charge in [-0.1, -0.05) is 72.6 Å².